The Morgan fingerprint density at radius 2 is 2.11 bits per heavy atom. The molecule has 19 heavy (non-hydrogen) atoms. The summed E-state index contributed by atoms with van der Waals surface area (Å²) in [5.41, 5.74) is 1.26. The summed E-state index contributed by atoms with van der Waals surface area (Å²) in [6, 6.07) is 0.648. The highest BCUT2D eigenvalue weighted by molar-refractivity contribution is 7.15. The summed E-state index contributed by atoms with van der Waals surface area (Å²) in [4.78, 5) is 11.0. The molecule has 1 saturated heterocycles. The molecule has 1 aromatic rings. The first-order valence-electron chi connectivity index (χ1n) is 7.20. The maximum Gasteiger partial charge on any atom is 0.185 e. The predicted octanol–water partition coefficient (Wildman–Crippen LogP) is 1.96. The molecule has 108 valence electrons. The number of piperidine rings is 1. The van der Waals surface area contributed by atoms with E-state index < -0.39 is 0 Å². The molecule has 4 nitrogen and oxygen atoms in total. The van der Waals surface area contributed by atoms with Gasteiger partial charge in [-0.3, -0.25) is 0 Å². The molecule has 0 bridgehead atoms. The molecule has 0 saturated carbocycles. The molecule has 0 aromatic carbocycles. The third kappa shape index (κ3) is 3.46. The van der Waals surface area contributed by atoms with Gasteiger partial charge in [-0.1, -0.05) is 6.92 Å². The van der Waals surface area contributed by atoms with Crippen LogP contribution in [-0.2, 0) is 13.0 Å². The van der Waals surface area contributed by atoms with Crippen molar-refractivity contribution >= 4 is 16.5 Å². The van der Waals surface area contributed by atoms with Gasteiger partial charge >= 0.3 is 0 Å². The third-order valence-electron chi connectivity index (χ3n) is 3.98. The first-order valence-corrected chi connectivity index (χ1v) is 8.01. The second-order valence-electron chi connectivity index (χ2n) is 5.40. The van der Waals surface area contributed by atoms with E-state index in [4.69, 9.17) is 4.98 Å². The van der Waals surface area contributed by atoms with Crippen LogP contribution in [0.4, 0.5) is 5.13 Å². The Balaban J connectivity index is 2.08. The summed E-state index contributed by atoms with van der Waals surface area (Å²) in [5, 5.41) is 4.43. The molecule has 2 rings (SSSR count). The minimum absolute atomic E-state index is 0.648. The number of hydrogen-bond acceptors (Lipinski definition) is 5. The lowest BCUT2D eigenvalue weighted by molar-refractivity contribution is 0.253. The van der Waals surface area contributed by atoms with Crippen molar-refractivity contribution in [3.05, 3.63) is 10.6 Å². The van der Waals surface area contributed by atoms with Crippen LogP contribution < -0.4 is 10.2 Å². The van der Waals surface area contributed by atoms with Crippen LogP contribution in [0.25, 0.3) is 0 Å². The quantitative estimate of drug-likeness (QED) is 0.894. The molecule has 1 fully saturated rings. The molecule has 1 N–H and O–H groups in total. The topological polar surface area (TPSA) is 31.4 Å². The minimum Gasteiger partial charge on any atom is -0.348 e. The average Bonchev–Trinajstić information content (AvgIpc) is 2.82. The highest BCUT2D eigenvalue weighted by atomic mass is 32.1. The SMILES string of the molecule is CCc1nc(N(C)C2CCN(C)CC2)sc1CNC. The van der Waals surface area contributed by atoms with Gasteiger partial charge in [0, 0.05) is 24.5 Å². The standard InChI is InChI=1S/C14H26N4S/c1-5-12-13(10-15-2)19-14(16-12)18(4)11-6-8-17(3)9-7-11/h11,15H,5-10H2,1-4H3. The van der Waals surface area contributed by atoms with Gasteiger partial charge in [-0.15, -0.1) is 11.3 Å². The molecule has 0 aliphatic carbocycles. The number of aryl methyl sites for hydroxylation is 1. The Morgan fingerprint density at radius 1 is 1.42 bits per heavy atom. The lowest BCUT2D eigenvalue weighted by Crippen LogP contribution is -2.41. The van der Waals surface area contributed by atoms with E-state index in [9.17, 15) is 0 Å². The second-order valence-corrected chi connectivity index (χ2v) is 6.46. The molecule has 5 heteroatoms. The molecule has 0 spiro atoms. The van der Waals surface area contributed by atoms with Crippen LogP contribution in [0.2, 0.25) is 0 Å². The van der Waals surface area contributed by atoms with Crippen LogP contribution in [-0.4, -0.2) is 50.2 Å². The van der Waals surface area contributed by atoms with Crippen molar-refractivity contribution in [2.75, 3.05) is 39.1 Å². The van der Waals surface area contributed by atoms with Crippen molar-refractivity contribution in [2.24, 2.45) is 0 Å². The number of nitrogens with one attached hydrogen (secondary N) is 1. The van der Waals surface area contributed by atoms with Crippen LogP contribution in [0.3, 0.4) is 0 Å². The number of rotatable bonds is 5. The lowest BCUT2D eigenvalue weighted by atomic mass is 10.0. The summed E-state index contributed by atoms with van der Waals surface area (Å²) >= 11 is 1.85. The summed E-state index contributed by atoms with van der Waals surface area (Å²) in [6.45, 7) is 5.52. The van der Waals surface area contributed by atoms with Crippen molar-refractivity contribution in [1.82, 2.24) is 15.2 Å². The lowest BCUT2D eigenvalue weighted by Gasteiger charge is -2.34. The fourth-order valence-electron chi connectivity index (χ4n) is 2.63. The van der Waals surface area contributed by atoms with Gasteiger partial charge in [0.25, 0.3) is 0 Å². The molecule has 1 aliphatic rings. The van der Waals surface area contributed by atoms with Crippen LogP contribution in [0.1, 0.15) is 30.3 Å². The fourth-order valence-corrected chi connectivity index (χ4v) is 3.83. The zero-order chi connectivity index (χ0) is 13.8. The van der Waals surface area contributed by atoms with Gasteiger partial charge in [-0.05, 0) is 46.4 Å². The molecule has 1 aromatic heterocycles. The maximum atomic E-state index is 4.83. The van der Waals surface area contributed by atoms with Gasteiger partial charge in [-0.25, -0.2) is 4.98 Å². The average molecular weight is 282 g/mol. The van der Waals surface area contributed by atoms with E-state index in [0.29, 0.717) is 6.04 Å². The molecule has 0 atom stereocenters. The van der Waals surface area contributed by atoms with E-state index in [1.54, 1.807) is 0 Å². The first kappa shape index (κ1) is 14.8. The molecule has 2 heterocycles. The summed E-state index contributed by atoms with van der Waals surface area (Å²) in [6.07, 6.45) is 3.51. The van der Waals surface area contributed by atoms with Crippen LogP contribution in [0.5, 0.6) is 0 Å². The molecular formula is C14H26N4S. The molecule has 1 aliphatic heterocycles. The van der Waals surface area contributed by atoms with E-state index in [1.807, 2.05) is 18.4 Å². The summed E-state index contributed by atoms with van der Waals surface area (Å²) in [5.74, 6) is 0. The number of nitrogens with zero attached hydrogens (tertiary/aromatic N) is 3. The van der Waals surface area contributed by atoms with Crippen molar-refractivity contribution in [1.29, 1.82) is 0 Å². The van der Waals surface area contributed by atoms with E-state index in [2.05, 4.69) is 36.1 Å². The Morgan fingerprint density at radius 3 is 2.68 bits per heavy atom. The smallest absolute Gasteiger partial charge is 0.185 e. The Kier molecular flexibility index (Phi) is 5.19. The molecule has 0 amide bonds. The van der Waals surface area contributed by atoms with Crippen molar-refractivity contribution < 1.29 is 0 Å². The summed E-state index contributed by atoms with van der Waals surface area (Å²) in [7, 11) is 6.41. The number of thiazole rings is 1. The van der Waals surface area contributed by atoms with Crippen molar-refractivity contribution in [3.63, 3.8) is 0 Å². The first-order chi connectivity index (χ1) is 9.15. The molecule has 0 radical (unpaired) electrons. The zero-order valence-electron chi connectivity index (χ0n) is 12.6. The predicted molar refractivity (Wildman–Crippen MR) is 83.2 cm³/mol. The highest BCUT2D eigenvalue weighted by Gasteiger charge is 2.23. The monoisotopic (exact) mass is 282 g/mol. The number of aromatic nitrogens is 1. The highest BCUT2D eigenvalue weighted by Crippen LogP contribution is 2.29. The Labute approximate surface area is 120 Å². The minimum atomic E-state index is 0.648. The van der Waals surface area contributed by atoms with Crippen LogP contribution in [0, 0.1) is 0 Å². The van der Waals surface area contributed by atoms with Gasteiger partial charge in [-0.2, -0.15) is 0 Å². The van der Waals surface area contributed by atoms with E-state index in [1.165, 1.54) is 41.6 Å². The zero-order valence-corrected chi connectivity index (χ0v) is 13.4. The van der Waals surface area contributed by atoms with E-state index >= 15 is 0 Å². The molecule has 0 unspecified atom stereocenters. The fraction of sp³-hybridized carbons (Fsp3) is 0.786. The van der Waals surface area contributed by atoms with Crippen LogP contribution >= 0.6 is 11.3 Å². The maximum absolute atomic E-state index is 4.83. The van der Waals surface area contributed by atoms with Crippen molar-refractivity contribution in [2.45, 2.75) is 38.8 Å². The number of hydrogen-bond donors (Lipinski definition) is 1. The van der Waals surface area contributed by atoms with Gasteiger partial charge in [0.05, 0.1) is 5.69 Å². The Hall–Kier alpha value is -0.650. The van der Waals surface area contributed by atoms with Gasteiger partial charge in [0.15, 0.2) is 5.13 Å². The summed E-state index contributed by atoms with van der Waals surface area (Å²) < 4.78 is 0. The number of likely N-dealkylation sites (tertiary alicyclic amines) is 1. The van der Waals surface area contributed by atoms with Gasteiger partial charge in [0.1, 0.15) is 0 Å². The largest absolute Gasteiger partial charge is 0.348 e. The van der Waals surface area contributed by atoms with Gasteiger partial charge < -0.3 is 15.1 Å². The van der Waals surface area contributed by atoms with E-state index in [0.717, 1.165) is 13.0 Å². The normalized spacial score (nSPS) is 17.9. The Bertz CT molecular complexity index is 396. The molecular weight excluding hydrogens is 256 g/mol. The number of anilines is 1. The van der Waals surface area contributed by atoms with Crippen molar-refractivity contribution in [3.8, 4) is 0 Å². The van der Waals surface area contributed by atoms with Gasteiger partial charge in [0.2, 0.25) is 0 Å². The second kappa shape index (κ2) is 6.68. The van der Waals surface area contributed by atoms with E-state index in [-0.39, 0.29) is 0 Å². The van der Waals surface area contributed by atoms with Crippen LogP contribution in [0.15, 0.2) is 0 Å². The third-order valence-corrected chi connectivity index (χ3v) is 5.16.